The van der Waals surface area contributed by atoms with Gasteiger partial charge in [0.2, 0.25) is 0 Å². The number of benzene rings is 2. The molecule has 4 nitrogen and oxygen atoms in total. The number of carbonyl (C=O) groups excluding carboxylic acids is 1. The van der Waals surface area contributed by atoms with Gasteiger partial charge in [0.15, 0.2) is 11.2 Å². The highest BCUT2D eigenvalue weighted by Gasteiger charge is 2.11. The van der Waals surface area contributed by atoms with Gasteiger partial charge in [-0.25, -0.2) is 4.39 Å². The summed E-state index contributed by atoms with van der Waals surface area (Å²) in [6.07, 6.45) is 0. The van der Waals surface area contributed by atoms with Crippen LogP contribution in [0.25, 0.3) is 11.0 Å². The van der Waals surface area contributed by atoms with Crippen LogP contribution < -0.4 is 10.7 Å². The lowest BCUT2D eigenvalue weighted by molar-refractivity contribution is 0.0929. The Kier molecular flexibility index (Phi) is 5.50. The van der Waals surface area contributed by atoms with Gasteiger partial charge in [-0.2, -0.15) is 11.8 Å². The quantitative estimate of drug-likeness (QED) is 0.685. The van der Waals surface area contributed by atoms with Crippen molar-refractivity contribution in [1.82, 2.24) is 5.32 Å². The fourth-order valence-electron chi connectivity index (χ4n) is 2.34. The number of halogens is 1. The minimum Gasteiger partial charge on any atom is -0.451 e. The smallest absolute Gasteiger partial charge is 0.287 e. The molecule has 0 saturated heterocycles. The third-order valence-corrected chi connectivity index (χ3v) is 4.61. The van der Waals surface area contributed by atoms with Gasteiger partial charge >= 0.3 is 0 Å². The van der Waals surface area contributed by atoms with E-state index in [0.29, 0.717) is 34.6 Å². The first kappa shape index (κ1) is 17.2. The molecular weight excluding hydrogens is 341 g/mol. The maximum Gasteiger partial charge on any atom is 0.287 e. The van der Waals surface area contributed by atoms with E-state index in [4.69, 9.17) is 4.42 Å². The predicted octanol–water partition coefficient (Wildman–Crippen LogP) is 3.60. The third-order valence-electron chi connectivity index (χ3n) is 3.61. The van der Waals surface area contributed by atoms with Crippen LogP contribution in [0.5, 0.6) is 0 Å². The van der Waals surface area contributed by atoms with Gasteiger partial charge in [0.1, 0.15) is 11.4 Å². The van der Waals surface area contributed by atoms with Crippen molar-refractivity contribution in [3.8, 4) is 0 Å². The molecule has 1 aromatic heterocycles. The SMILES string of the molecule is O=C(NCCSCc1ccccc1F)c1cc(=O)c2ccccc2o1. The molecule has 0 bridgehead atoms. The molecule has 0 saturated carbocycles. The van der Waals surface area contributed by atoms with Crippen LogP contribution >= 0.6 is 11.8 Å². The molecule has 1 heterocycles. The van der Waals surface area contributed by atoms with Crippen LogP contribution in [-0.2, 0) is 5.75 Å². The topological polar surface area (TPSA) is 59.3 Å². The number of thioether (sulfide) groups is 1. The summed E-state index contributed by atoms with van der Waals surface area (Å²) in [4.78, 5) is 24.1. The second-order valence-corrected chi connectivity index (χ2v) is 6.48. The van der Waals surface area contributed by atoms with Crippen LogP contribution in [-0.4, -0.2) is 18.2 Å². The van der Waals surface area contributed by atoms with E-state index in [9.17, 15) is 14.0 Å². The van der Waals surface area contributed by atoms with E-state index < -0.39 is 5.91 Å². The Morgan fingerprint density at radius 2 is 1.88 bits per heavy atom. The van der Waals surface area contributed by atoms with E-state index in [1.807, 2.05) is 0 Å². The highest BCUT2D eigenvalue weighted by atomic mass is 32.2. The van der Waals surface area contributed by atoms with Crippen molar-refractivity contribution in [3.05, 3.63) is 82.0 Å². The Labute approximate surface area is 148 Å². The summed E-state index contributed by atoms with van der Waals surface area (Å²) in [6.45, 7) is 0.397. The molecule has 6 heteroatoms. The maximum absolute atomic E-state index is 13.5. The molecule has 0 unspecified atom stereocenters. The van der Waals surface area contributed by atoms with Gasteiger partial charge in [0.05, 0.1) is 5.39 Å². The Hall–Kier alpha value is -2.60. The van der Waals surface area contributed by atoms with Gasteiger partial charge in [-0.3, -0.25) is 9.59 Å². The molecule has 0 fully saturated rings. The van der Waals surface area contributed by atoms with Crippen LogP contribution in [0.15, 0.2) is 63.8 Å². The van der Waals surface area contributed by atoms with Gasteiger partial charge in [-0.15, -0.1) is 0 Å². The number of fused-ring (bicyclic) bond motifs is 1. The number of rotatable bonds is 6. The van der Waals surface area contributed by atoms with Gasteiger partial charge in [0.25, 0.3) is 5.91 Å². The first-order chi connectivity index (χ1) is 12.1. The lowest BCUT2D eigenvalue weighted by atomic mass is 10.2. The first-order valence-corrected chi connectivity index (χ1v) is 8.93. The molecule has 128 valence electrons. The van der Waals surface area contributed by atoms with Crippen molar-refractivity contribution < 1.29 is 13.6 Å². The normalized spacial score (nSPS) is 10.8. The molecular formula is C19H16FNO3S. The Morgan fingerprint density at radius 3 is 2.72 bits per heavy atom. The summed E-state index contributed by atoms with van der Waals surface area (Å²) < 4.78 is 19.0. The summed E-state index contributed by atoms with van der Waals surface area (Å²) in [5.41, 5.74) is 0.773. The molecule has 0 spiro atoms. The molecule has 1 N–H and O–H groups in total. The number of nitrogens with one attached hydrogen (secondary N) is 1. The minimum atomic E-state index is -0.436. The largest absolute Gasteiger partial charge is 0.451 e. The van der Waals surface area contributed by atoms with Gasteiger partial charge in [-0.05, 0) is 23.8 Å². The van der Waals surface area contributed by atoms with Gasteiger partial charge < -0.3 is 9.73 Å². The van der Waals surface area contributed by atoms with Crippen LogP contribution in [0.2, 0.25) is 0 Å². The predicted molar refractivity (Wildman–Crippen MR) is 97.4 cm³/mol. The van der Waals surface area contributed by atoms with Crippen molar-refractivity contribution in [2.45, 2.75) is 5.75 Å². The second-order valence-electron chi connectivity index (χ2n) is 5.37. The average Bonchev–Trinajstić information content (AvgIpc) is 2.62. The number of amides is 1. The summed E-state index contributed by atoms with van der Waals surface area (Å²) in [6, 6.07) is 14.6. The monoisotopic (exact) mass is 357 g/mol. The summed E-state index contributed by atoms with van der Waals surface area (Å²) in [7, 11) is 0. The van der Waals surface area contributed by atoms with E-state index in [2.05, 4.69) is 5.32 Å². The Bertz CT molecular complexity index is 955. The van der Waals surface area contributed by atoms with Crippen molar-refractivity contribution in [2.75, 3.05) is 12.3 Å². The van der Waals surface area contributed by atoms with Crippen LogP contribution in [0.1, 0.15) is 16.1 Å². The average molecular weight is 357 g/mol. The van der Waals surface area contributed by atoms with Gasteiger partial charge in [0, 0.05) is 24.1 Å². The summed E-state index contributed by atoms with van der Waals surface area (Å²) in [5, 5.41) is 3.15. The van der Waals surface area contributed by atoms with Crippen LogP contribution in [0, 0.1) is 5.82 Å². The second kappa shape index (κ2) is 7.98. The maximum atomic E-state index is 13.5. The van der Waals surface area contributed by atoms with E-state index in [0.717, 1.165) is 0 Å². The van der Waals surface area contributed by atoms with Crippen molar-refractivity contribution in [2.24, 2.45) is 0 Å². The number of carbonyl (C=O) groups is 1. The van der Waals surface area contributed by atoms with E-state index in [1.54, 1.807) is 42.5 Å². The third kappa shape index (κ3) is 4.28. The fraction of sp³-hybridized carbons (Fsp3) is 0.158. The molecule has 2 aromatic carbocycles. The molecule has 25 heavy (non-hydrogen) atoms. The molecule has 3 rings (SSSR count). The Balaban J connectivity index is 1.53. The lowest BCUT2D eigenvalue weighted by Crippen LogP contribution is -2.26. The molecule has 1 amide bonds. The number of hydrogen-bond donors (Lipinski definition) is 1. The van der Waals surface area contributed by atoms with Crippen LogP contribution in [0.4, 0.5) is 4.39 Å². The molecule has 0 aliphatic rings. The van der Waals surface area contributed by atoms with E-state index in [1.165, 1.54) is 23.9 Å². The standard InChI is InChI=1S/C19H16FNO3S/c20-15-7-3-1-5-13(15)12-25-10-9-21-19(23)18-11-16(22)14-6-2-4-8-17(14)24-18/h1-8,11H,9-10,12H2,(H,21,23). The van der Waals surface area contributed by atoms with Crippen molar-refractivity contribution in [1.29, 1.82) is 0 Å². The highest BCUT2D eigenvalue weighted by molar-refractivity contribution is 7.98. The van der Waals surface area contributed by atoms with E-state index >= 15 is 0 Å². The molecule has 0 atom stereocenters. The van der Waals surface area contributed by atoms with Crippen LogP contribution in [0.3, 0.4) is 0 Å². The highest BCUT2D eigenvalue weighted by Crippen LogP contribution is 2.15. The molecule has 0 aliphatic heterocycles. The number of para-hydroxylation sites is 1. The van der Waals surface area contributed by atoms with Crippen molar-refractivity contribution >= 4 is 28.6 Å². The van der Waals surface area contributed by atoms with E-state index in [-0.39, 0.29) is 17.0 Å². The minimum absolute atomic E-state index is 0.0113. The fourth-order valence-corrected chi connectivity index (χ4v) is 3.18. The zero-order chi connectivity index (χ0) is 17.6. The molecule has 0 aliphatic carbocycles. The van der Waals surface area contributed by atoms with Gasteiger partial charge in [-0.1, -0.05) is 30.3 Å². The zero-order valence-electron chi connectivity index (χ0n) is 13.3. The first-order valence-electron chi connectivity index (χ1n) is 7.77. The summed E-state index contributed by atoms with van der Waals surface area (Å²) in [5.74, 6) is 0.486. The Morgan fingerprint density at radius 1 is 1.12 bits per heavy atom. The lowest BCUT2D eigenvalue weighted by Gasteiger charge is -2.06. The summed E-state index contributed by atoms with van der Waals surface area (Å²) >= 11 is 1.52. The molecule has 0 radical (unpaired) electrons. The number of hydrogen-bond acceptors (Lipinski definition) is 4. The van der Waals surface area contributed by atoms with Crippen molar-refractivity contribution in [3.63, 3.8) is 0 Å². The zero-order valence-corrected chi connectivity index (χ0v) is 14.1. The molecule has 3 aromatic rings.